The van der Waals surface area contributed by atoms with E-state index < -0.39 is 17.6 Å². The Morgan fingerprint density at radius 2 is 2.00 bits per heavy atom. The van der Waals surface area contributed by atoms with Gasteiger partial charge in [-0.15, -0.1) is 0 Å². The Kier molecular flexibility index (Phi) is 5.90. The molecular weight excluding hydrogens is 413 g/mol. The number of thiocarbonyl (C=S) groups is 1. The van der Waals surface area contributed by atoms with Gasteiger partial charge in [-0.1, -0.05) is 36.1 Å². The number of para-hydroxylation sites is 1. The van der Waals surface area contributed by atoms with Crippen molar-refractivity contribution in [2.75, 3.05) is 11.9 Å². The number of nitrogens with zero attached hydrogens (tertiary/aromatic N) is 1. The van der Waals surface area contributed by atoms with Crippen molar-refractivity contribution in [2.45, 2.75) is 12.6 Å². The molecule has 0 unspecified atom stereocenters. The van der Waals surface area contributed by atoms with Gasteiger partial charge < -0.3 is 9.73 Å². The van der Waals surface area contributed by atoms with Crippen molar-refractivity contribution >= 4 is 51.9 Å². The number of amides is 2. The van der Waals surface area contributed by atoms with Crippen molar-refractivity contribution in [3.05, 3.63) is 58.9 Å². The average Bonchev–Trinajstić information content (AvgIpc) is 3.22. The van der Waals surface area contributed by atoms with Crippen LogP contribution < -0.4 is 5.32 Å². The first-order chi connectivity index (χ1) is 13.3. The molecule has 1 saturated heterocycles. The summed E-state index contributed by atoms with van der Waals surface area (Å²) in [4.78, 5) is 26.1. The molecule has 3 rings (SSSR count). The van der Waals surface area contributed by atoms with Gasteiger partial charge >= 0.3 is 6.18 Å². The summed E-state index contributed by atoms with van der Waals surface area (Å²) in [7, 11) is 0. The second-order valence-electron chi connectivity index (χ2n) is 5.69. The highest BCUT2D eigenvalue weighted by molar-refractivity contribution is 8.26. The van der Waals surface area contributed by atoms with Gasteiger partial charge in [0.2, 0.25) is 5.91 Å². The van der Waals surface area contributed by atoms with Gasteiger partial charge in [-0.3, -0.25) is 14.5 Å². The summed E-state index contributed by atoms with van der Waals surface area (Å²) < 4.78 is 44.4. The lowest BCUT2D eigenvalue weighted by Gasteiger charge is -2.16. The lowest BCUT2D eigenvalue weighted by atomic mass is 10.1. The Labute approximate surface area is 167 Å². The van der Waals surface area contributed by atoms with Crippen molar-refractivity contribution in [3.8, 4) is 0 Å². The van der Waals surface area contributed by atoms with Crippen LogP contribution in [0.3, 0.4) is 0 Å². The van der Waals surface area contributed by atoms with Crippen LogP contribution in [0.5, 0.6) is 0 Å². The van der Waals surface area contributed by atoms with Crippen molar-refractivity contribution in [3.63, 3.8) is 0 Å². The van der Waals surface area contributed by atoms with Crippen LogP contribution in [-0.4, -0.2) is 27.6 Å². The van der Waals surface area contributed by atoms with Gasteiger partial charge in [-0.25, -0.2) is 0 Å². The van der Waals surface area contributed by atoms with E-state index in [0.717, 1.165) is 17.8 Å². The molecule has 0 spiro atoms. The molecule has 1 aromatic carbocycles. The highest BCUT2D eigenvalue weighted by atomic mass is 32.2. The second kappa shape index (κ2) is 8.19. The Morgan fingerprint density at radius 1 is 1.25 bits per heavy atom. The molecule has 2 aromatic rings. The molecule has 1 N–H and O–H groups in total. The molecule has 10 heteroatoms. The largest absolute Gasteiger partial charge is 0.465 e. The third-order valence-corrected chi connectivity index (χ3v) is 5.14. The molecular formula is C18H13F3N2O3S2. The third kappa shape index (κ3) is 4.63. The van der Waals surface area contributed by atoms with Crippen molar-refractivity contribution < 1.29 is 27.2 Å². The first kappa shape index (κ1) is 20.2. The normalized spacial score (nSPS) is 16.1. The molecule has 0 aliphatic carbocycles. The number of alkyl halides is 3. The third-order valence-electron chi connectivity index (χ3n) is 3.76. The number of halogens is 3. The predicted octanol–water partition coefficient (Wildman–Crippen LogP) is 4.53. The predicted molar refractivity (Wildman–Crippen MR) is 103 cm³/mol. The van der Waals surface area contributed by atoms with Gasteiger partial charge in [0.25, 0.3) is 5.91 Å². The molecule has 1 aliphatic heterocycles. The van der Waals surface area contributed by atoms with Crippen LogP contribution >= 0.6 is 24.0 Å². The van der Waals surface area contributed by atoms with Crippen LogP contribution in [0, 0.1) is 0 Å². The van der Waals surface area contributed by atoms with Crippen LogP contribution in [0.4, 0.5) is 18.9 Å². The molecule has 1 aromatic heterocycles. The quantitative estimate of drug-likeness (QED) is 0.562. The van der Waals surface area contributed by atoms with E-state index in [9.17, 15) is 22.8 Å². The zero-order valence-corrected chi connectivity index (χ0v) is 15.8. The minimum absolute atomic E-state index is 0.0415. The summed E-state index contributed by atoms with van der Waals surface area (Å²) in [6.45, 7) is -0.0415. The standard InChI is InChI=1S/C18H13F3N2O3S2/c19-18(20,21)12-5-1-2-6-13(12)22-15(24)7-8-23-16(25)14(28-17(23)27)10-11-4-3-9-26-11/h1-6,9-10H,7-8H2,(H,22,24)/b14-10+. The number of anilines is 1. The van der Waals surface area contributed by atoms with Crippen LogP contribution in [0.2, 0.25) is 0 Å². The summed E-state index contributed by atoms with van der Waals surface area (Å²) >= 11 is 6.23. The SMILES string of the molecule is O=C(CCN1C(=O)/C(=C\c2ccco2)SC1=S)Nc1ccccc1C(F)(F)F. The smallest absolute Gasteiger partial charge is 0.418 e. The Hall–Kier alpha value is -2.59. The molecule has 2 amide bonds. The van der Waals surface area contributed by atoms with E-state index in [0.29, 0.717) is 10.7 Å². The fraction of sp³-hybridized carbons (Fsp3) is 0.167. The van der Waals surface area contributed by atoms with E-state index in [4.69, 9.17) is 16.6 Å². The average molecular weight is 426 g/mol. The van der Waals surface area contributed by atoms with Gasteiger partial charge in [-0.05, 0) is 24.3 Å². The lowest BCUT2D eigenvalue weighted by Crippen LogP contribution is -2.31. The van der Waals surface area contributed by atoms with Crippen molar-refractivity contribution in [1.29, 1.82) is 0 Å². The fourth-order valence-electron chi connectivity index (χ4n) is 2.46. The Bertz CT molecular complexity index is 940. The molecule has 5 nitrogen and oxygen atoms in total. The Morgan fingerprint density at radius 3 is 2.68 bits per heavy atom. The summed E-state index contributed by atoms with van der Waals surface area (Å²) in [6, 6.07) is 8.05. The van der Waals surface area contributed by atoms with Crippen LogP contribution in [0.15, 0.2) is 52.0 Å². The molecule has 0 saturated carbocycles. The van der Waals surface area contributed by atoms with E-state index in [1.54, 1.807) is 18.2 Å². The van der Waals surface area contributed by atoms with Gasteiger partial charge in [0.15, 0.2) is 0 Å². The minimum atomic E-state index is -4.58. The molecule has 1 aliphatic rings. The van der Waals surface area contributed by atoms with Crippen LogP contribution in [0.25, 0.3) is 6.08 Å². The molecule has 0 atom stereocenters. The molecule has 28 heavy (non-hydrogen) atoms. The zero-order valence-electron chi connectivity index (χ0n) is 14.2. The first-order valence-electron chi connectivity index (χ1n) is 8.00. The second-order valence-corrected chi connectivity index (χ2v) is 7.37. The fourth-order valence-corrected chi connectivity index (χ4v) is 3.75. The van der Waals surface area contributed by atoms with E-state index in [2.05, 4.69) is 5.32 Å². The molecule has 0 bridgehead atoms. The number of hydrogen-bond acceptors (Lipinski definition) is 5. The highest BCUT2D eigenvalue weighted by Crippen LogP contribution is 2.35. The van der Waals surface area contributed by atoms with Gasteiger partial charge in [0.1, 0.15) is 10.1 Å². The molecule has 146 valence electrons. The molecule has 2 heterocycles. The topological polar surface area (TPSA) is 62.6 Å². The maximum absolute atomic E-state index is 13.0. The number of furan rings is 1. The maximum atomic E-state index is 13.0. The number of rotatable bonds is 5. The van der Waals surface area contributed by atoms with E-state index in [1.807, 2.05) is 0 Å². The van der Waals surface area contributed by atoms with Crippen LogP contribution in [-0.2, 0) is 15.8 Å². The van der Waals surface area contributed by atoms with Crippen LogP contribution in [0.1, 0.15) is 17.7 Å². The summed E-state index contributed by atoms with van der Waals surface area (Å²) in [5.41, 5.74) is -1.27. The number of hydrogen-bond donors (Lipinski definition) is 1. The van der Waals surface area contributed by atoms with Gasteiger partial charge in [0.05, 0.1) is 22.4 Å². The summed E-state index contributed by atoms with van der Waals surface area (Å²) in [5, 5.41) is 2.24. The Balaban J connectivity index is 1.62. The van der Waals surface area contributed by atoms with Gasteiger partial charge in [0, 0.05) is 19.0 Å². The number of thioether (sulfide) groups is 1. The van der Waals surface area contributed by atoms with E-state index >= 15 is 0 Å². The maximum Gasteiger partial charge on any atom is 0.418 e. The molecule has 1 fully saturated rings. The number of benzene rings is 1. The summed E-state index contributed by atoms with van der Waals surface area (Å²) in [5.74, 6) is -0.544. The number of carbonyl (C=O) groups is 2. The summed E-state index contributed by atoms with van der Waals surface area (Å²) in [6.07, 6.45) is -1.78. The van der Waals surface area contributed by atoms with E-state index in [1.165, 1.54) is 29.4 Å². The van der Waals surface area contributed by atoms with Crippen molar-refractivity contribution in [2.24, 2.45) is 0 Å². The monoisotopic (exact) mass is 426 g/mol. The first-order valence-corrected chi connectivity index (χ1v) is 9.23. The van der Waals surface area contributed by atoms with Gasteiger partial charge in [-0.2, -0.15) is 13.2 Å². The number of carbonyl (C=O) groups excluding carboxylic acids is 2. The lowest BCUT2D eigenvalue weighted by molar-refractivity contribution is -0.137. The zero-order chi connectivity index (χ0) is 20.3. The van der Waals surface area contributed by atoms with E-state index in [-0.39, 0.29) is 28.9 Å². The van der Waals surface area contributed by atoms with Crippen molar-refractivity contribution in [1.82, 2.24) is 4.90 Å². The minimum Gasteiger partial charge on any atom is -0.465 e. The highest BCUT2D eigenvalue weighted by Gasteiger charge is 2.34. The molecule has 0 radical (unpaired) electrons. The number of nitrogens with one attached hydrogen (secondary N) is 1.